The van der Waals surface area contributed by atoms with E-state index < -0.39 is 0 Å². The van der Waals surface area contributed by atoms with Crippen molar-refractivity contribution >= 4 is 27.6 Å². The van der Waals surface area contributed by atoms with Crippen LogP contribution in [0.2, 0.25) is 0 Å². The molecule has 0 fully saturated rings. The molecule has 1 heterocycles. The highest BCUT2D eigenvalue weighted by molar-refractivity contribution is 9.10. The lowest BCUT2D eigenvalue weighted by molar-refractivity contribution is -0.143. The first-order valence-corrected chi connectivity index (χ1v) is 5.49. The number of halogens is 1. The molecule has 1 aromatic rings. The number of pyridine rings is 1. The van der Waals surface area contributed by atoms with Crippen molar-refractivity contribution in [3.63, 3.8) is 0 Å². The van der Waals surface area contributed by atoms with Crippen molar-refractivity contribution < 1.29 is 9.53 Å². The Hall–Kier alpha value is -1.10. The highest BCUT2D eigenvalue weighted by atomic mass is 79.9. The molecule has 0 aromatic carbocycles. The molecule has 0 aliphatic rings. The van der Waals surface area contributed by atoms with Gasteiger partial charge in [0.1, 0.15) is 0 Å². The largest absolute Gasteiger partial charge is 0.466 e. The van der Waals surface area contributed by atoms with E-state index in [1.54, 1.807) is 19.2 Å². The van der Waals surface area contributed by atoms with Gasteiger partial charge in [-0.3, -0.25) is 9.78 Å². The Balaban J connectivity index is 2.58. The second kappa shape index (κ2) is 5.70. The molecular formula is C10H13BrN2O2. The number of esters is 1. The second-order valence-corrected chi connectivity index (χ2v) is 3.81. The standard InChI is InChI=1S/C10H13BrN2O2/c1-2-15-9(14)4-3-8-10(12)7(11)5-6-13-8/h5-6H,2-4,12H2,1H3. The summed E-state index contributed by atoms with van der Waals surface area (Å²) in [5.41, 5.74) is 7.09. The van der Waals surface area contributed by atoms with Crippen LogP contribution in [-0.4, -0.2) is 17.6 Å². The third-order valence-corrected chi connectivity index (χ3v) is 2.58. The molecule has 0 aliphatic carbocycles. The van der Waals surface area contributed by atoms with Crippen LogP contribution in [0.15, 0.2) is 16.7 Å². The molecule has 0 radical (unpaired) electrons. The molecule has 0 aliphatic heterocycles. The van der Waals surface area contributed by atoms with Crippen LogP contribution < -0.4 is 5.73 Å². The van der Waals surface area contributed by atoms with Crippen molar-refractivity contribution in [1.82, 2.24) is 4.98 Å². The number of hydrogen-bond donors (Lipinski definition) is 1. The van der Waals surface area contributed by atoms with E-state index in [2.05, 4.69) is 20.9 Å². The van der Waals surface area contributed by atoms with Crippen molar-refractivity contribution in [2.45, 2.75) is 19.8 Å². The molecule has 2 N–H and O–H groups in total. The van der Waals surface area contributed by atoms with Crippen LogP contribution in [0.3, 0.4) is 0 Å². The Kier molecular flexibility index (Phi) is 4.55. The summed E-state index contributed by atoms with van der Waals surface area (Å²) in [6, 6.07) is 1.77. The number of aryl methyl sites for hydroxylation is 1. The van der Waals surface area contributed by atoms with Crippen LogP contribution in [0.5, 0.6) is 0 Å². The second-order valence-electron chi connectivity index (χ2n) is 2.96. The minimum absolute atomic E-state index is 0.223. The number of rotatable bonds is 4. The molecule has 0 atom stereocenters. The van der Waals surface area contributed by atoms with Crippen LogP contribution in [0.4, 0.5) is 5.69 Å². The smallest absolute Gasteiger partial charge is 0.306 e. The molecule has 15 heavy (non-hydrogen) atoms. The molecule has 0 saturated heterocycles. The van der Waals surface area contributed by atoms with Gasteiger partial charge in [0, 0.05) is 17.1 Å². The van der Waals surface area contributed by atoms with Gasteiger partial charge in [-0.1, -0.05) is 0 Å². The highest BCUT2D eigenvalue weighted by Gasteiger charge is 2.07. The number of ether oxygens (including phenoxy) is 1. The van der Waals surface area contributed by atoms with Crippen molar-refractivity contribution in [1.29, 1.82) is 0 Å². The summed E-state index contributed by atoms with van der Waals surface area (Å²) >= 11 is 3.30. The molecule has 1 rings (SSSR count). The fourth-order valence-electron chi connectivity index (χ4n) is 1.14. The number of carbonyl (C=O) groups is 1. The lowest BCUT2D eigenvalue weighted by Crippen LogP contribution is -2.07. The van der Waals surface area contributed by atoms with Crippen LogP contribution in [0.1, 0.15) is 19.0 Å². The van der Waals surface area contributed by atoms with Gasteiger partial charge in [-0.25, -0.2) is 0 Å². The molecule has 0 unspecified atom stereocenters. The van der Waals surface area contributed by atoms with E-state index in [1.807, 2.05) is 0 Å². The van der Waals surface area contributed by atoms with E-state index in [9.17, 15) is 4.79 Å². The number of nitrogen functional groups attached to an aromatic ring is 1. The maximum atomic E-state index is 11.1. The zero-order valence-corrected chi connectivity index (χ0v) is 10.1. The minimum atomic E-state index is -0.223. The zero-order valence-electron chi connectivity index (χ0n) is 8.50. The Morgan fingerprint density at radius 1 is 1.67 bits per heavy atom. The Labute approximate surface area is 97.0 Å². The summed E-state index contributed by atoms with van der Waals surface area (Å²) in [6.45, 7) is 2.18. The summed E-state index contributed by atoms with van der Waals surface area (Å²) in [4.78, 5) is 15.2. The van der Waals surface area contributed by atoms with E-state index in [4.69, 9.17) is 10.5 Å². The predicted molar refractivity (Wildman–Crippen MR) is 61.3 cm³/mol. The fraction of sp³-hybridized carbons (Fsp3) is 0.400. The first kappa shape index (κ1) is 12.0. The predicted octanol–water partition coefficient (Wildman–Crippen LogP) is 1.92. The van der Waals surface area contributed by atoms with Crippen molar-refractivity contribution in [2.75, 3.05) is 12.3 Å². The number of aromatic nitrogens is 1. The quantitative estimate of drug-likeness (QED) is 0.851. The number of carbonyl (C=O) groups excluding carboxylic acids is 1. The zero-order chi connectivity index (χ0) is 11.3. The average molecular weight is 273 g/mol. The van der Waals surface area contributed by atoms with Gasteiger partial charge in [-0.15, -0.1) is 0 Å². The molecule has 82 valence electrons. The van der Waals surface area contributed by atoms with Gasteiger partial charge in [-0.05, 0) is 28.9 Å². The Morgan fingerprint density at radius 2 is 2.40 bits per heavy atom. The van der Waals surface area contributed by atoms with Crippen molar-refractivity contribution in [3.8, 4) is 0 Å². The highest BCUT2D eigenvalue weighted by Crippen LogP contribution is 2.21. The Morgan fingerprint density at radius 3 is 3.07 bits per heavy atom. The van der Waals surface area contributed by atoms with Gasteiger partial charge in [0.2, 0.25) is 0 Å². The maximum Gasteiger partial charge on any atom is 0.306 e. The topological polar surface area (TPSA) is 65.2 Å². The Bertz CT molecular complexity index is 355. The first-order chi connectivity index (χ1) is 7.15. The first-order valence-electron chi connectivity index (χ1n) is 4.69. The third-order valence-electron chi connectivity index (χ3n) is 1.89. The molecular weight excluding hydrogens is 260 g/mol. The van der Waals surface area contributed by atoms with Crippen molar-refractivity contribution in [3.05, 3.63) is 22.4 Å². The fourth-order valence-corrected chi connectivity index (χ4v) is 1.49. The third kappa shape index (κ3) is 3.51. The van der Waals surface area contributed by atoms with Gasteiger partial charge in [0.25, 0.3) is 0 Å². The van der Waals surface area contributed by atoms with Crippen LogP contribution >= 0.6 is 15.9 Å². The number of nitrogens with two attached hydrogens (primary N) is 1. The van der Waals surface area contributed by atoms with Crippen LogP contribution in [0, 0.1) is 0 Å². The van der Waals surface area contributed by atoms with E-state index in [0.29, 0.717) is 25.1 Å². The molecule has 0 saturated carbocycles. The maximum absolute atomic E-state index is 11.1. The summed E-state index contributed by atoms with van der Waals surface area (Å²) < 4.78 is 5.62. The molecule has 4 nitrogen and oxygen atoms in total. The van der Waals surface area contributed by atoms with E-state index in [1.165, 1.54) is 0 Å². The SMILES string of the molecule is CCOC(=O)CCc1nccc(Br)c1N. The molecule has 0 bridgehead atoms. The van der Waals surface area contributed by atoms with E-state index >= 15 is 0 Å². The van der Waals surface area contributed by atoms with E-state index in [-0.39, 0.29) is 5.97 Å². The monoisotopic (exact) mass is 272 g/mol. The molecule has 5 heteroatoms. The summed E-state index contributed by atoms with van der Waals surface area (Å²) in [5, 5.41) is 0. The van der Waals surface area contributed by atoms with Gasteiger partial charge >= 0.3 is 5.97 Å². The van der Waals surface area contributed by atoms with Gasteiger partial charge < -0.3 is 10.5 Å². The normalized spacial score (nSPS) is 10.0. The van der Waals surface area contributed by atoms with E-state index in [0.717, 1.165) is 10.2 Å². The summed E-state index contributed by atoms with van der Waals surface area (Å²) in [7, 11) is 0. The number of hydrogen-bond acceptors (Lipinski definition) is 4. The lowest BCUT2D eigenvalue weighted by Gasteiger charge is -2.05. The average Bonchev–Trinajstić information content (AvgIpc) is 2.21. The summed E-state index contributed by atoms with van der Waals surface area (Å²) in [5.74, 6) is -0.223. The lowest BCUT2D eigenvalue weighted by atomic mass is 10.2. The minimum Gasteiger partial charge on any atom is -0.466 e. The molecule has 0 amide bonds. The summed E-state index contributed by atoms with van der Waals surface area (Å²) in [6.07, 6.45) is 2.46. The van der Waals surface area contributed by atoms with Gasteiger partial charge in [0.05, 0.1) is 24.4 Å². The number of nitrogens with zero attached hydrogens (tertiary/aromatic N) is 1. The molecule has 0 spiro atoms. The van der Waals surface area contributed by atoms with Crippen LogP contribution in [0.25, 0.3) is 0 Å². The van der Waals surface area contributed by atoms with Gasteiger partial charge in [-0.2, -0.15) is 0 Å². The molecule has 1 aromatic heterocycles. The van der Waals surface area contributed by atoms with Crippen molar-refractivity contribution in [2.24, 2.45) is 0 Å². The van der Waals surface area contributed by atoms with Gasteiger partial charge in [0.15, 0.2) is 0 Å². The number of anilines is 1. The van der Waals surface area contributed by atoms with Crippen LogP contribution in [-0.2, 0) is 16.0 Å².